The van der Waals surface area contributed by atoms with Gasteiger partial charge >= 0.3 is 6.09 Å². The van der Waals surface area contributed by atoms with Gasteiger partial charge in [0.05, 0.1) is 12.2 Å². The summed E-state index contributed by atoms with van der Waals surface area (Å²) in [5, 5.41) is 2.02. The smallest absolute Gasteiger partial charge is 0.414 e. The summed E-state index contributed by atoms with van der Waals surface area (Å²) in [6, 6.07) is 0. The Hall–Kier alpha value is -1.65. The van der Waals surface area contributed by atoms with E-state index in [4.69, 9.17) is 4.74 Å². The van der Waals surface area contributed by atoms with Gasteiger partial charge in [0.1, 0.15) is 5.60 Å². The van der Waals surface area contributed by atoms with Crippen LogP contribution in [0.3, 0.4) is 0 Å². The summed E-state index contributed by atoms with van der Waals surface area (Å²) in [4.78, 5) is 13.5. The molecule has 0 unspecified atom stereocenters. The van der Waals surface area contributed by atoms with Gasteiger partial charge in [-0.05, 0) is 33.8 Å². The third-order valence-corrected chi connectivity index (χ3v) is 2.47. The molecule has 2 heterocycles. The molecule has 2 aliphatic heterocycles. The first kappa shape index (κ1) is 11.8. The molecule has 0 atom stereocenters. The van der Waals surface area contributed by atoms with Crippen molar-refractivity contribution in [2.24, 2.45) is 0 Å². The molecule has 5 heteroatoms. The Kier molecular flexibility index (Phi) is 2.77. The molecule has 17 heavy (non-hydrogen) atoms. The van der Waals surface area contributed by atoms with Crippen LogP contribution in [0, 0.1) is 0 Å². The van der Waals surface area contributed by atoms with Crippen LogP contribution < -0.4 is 5.43 Å². The molecule has 0 aromatic rings. The molecule has 0 aliphatic carbocycles. The summed E-state index contributed by atoms with van der Waals surface area (Å²) in [6.07, 6.45) is 3.54. The van der Waals surface area contributed by atoms with Gasteiger partial charge in [-0.1, -0.05) is 0 Å². The SMILES string of the molecule is CC1=CC2=CN(C(=O)OC(C)(C)C)CCN2N1. The minimum Gasteiger partial charge on any atom is -0.443 e. The van der Waals surface area contributed by atoms with E-state index in [1.807, 2.05) is 45.0 Å². The molecule has 0 aromatic carbocycles. The molecule has 0 bridgehead atoms. The van der Waals surface area contributed by atoms with E-state index in [0.717, 1.165) is 17.9 Å². The summed E-state index contributed by atoms with van der Waals surface area (Å²) in [6.45, 7) is 9.00. The number of carbonyl (C=O) groups is 1. The minimum atomic E-state index is -0.452. The summed E-state index contributed by atoms with van der Waals surface area (Å²) in [5.41, 5.74) is 4.84. The van der Waals surface area contributed by atoms with Crippen molar-refractivity contribution in [2.45, 2.75) is 33.3 Å². The lowest BCUT2D eigenvalue weighted by Crippen LogP contribution is -2.44. The maximum atomic E-state index is 11.9. The highest BCUT2D eigenvalue weighted by molar-refractivity contribution is 5.70. The van der Waals surface area contributed by atoms with Gasteiger partial charge in [-0.15, -0.1) is 0 Å². The molecule has 94 valence electrons. The van der Waals surface area contributed by atoms with Crippen molar-refractivity contribution in [3.8, 4) is 0 Å². The van der Waals surface area contributed by atoms with E-state index in [0.29, 0.717) is 6.54 Å². The quantitative estimate of drug-likeness (QED) is 0.698. The van der Waals surface area contributed by atoms with Crippen molar-refractivity contribution in [1.82, 2.24) is 15.3 Å². The van der Waals surface area contributed by atoms with Crippen LogP contribution in [0.4, 0.5) is 4.79 Å². The number of hydrogen-bond acceptors (Lipinski definition) is 4. The number of hydrazine groups is 1. The monoisotopic (exact) mass is 237 g/mol. The molecule has 1 amide bonds. The Bertz CT molecular complexity index is 393. The zero-order valence-electron chi connectivity index (χ0n) is 10.8. The molecule has 0 aromatic heterocycles. The number of fused-ring (bicyclic) bond motifs is 1. The number of nitrogens with one attached hydrogen (secondary N) is 1. The number of amides is 1. The fourth-order valence-corrected chi connectivity index (χ4v) is 1.80. The van der Waals surface area contributed by atoms with E-state index in [-0.39, 0.29) is 6.09 Å². The van der Waals surface area contributed by atoms with Crippen LogP contribution in [0.5, 0.6) is 0 Å². The first-order valence-corrected chi connectivity index (χ1v) is 5.79. The molecule has 0 fully saturated rings. The van der Waals surface area contributed by atoms with Gasteiger partial charge in [0.2, 0.25) is 0 Å². The van der Waals surface area contributed by atoms with Gasteiger partial charge in [0.15, 0.2) is 0 Å². The second-order valence-corrected chi connectivity index (χ2v) is 5.32. The molecule has 0 saturated carbocycles. The average molecular weight is 237 g/mol. The second kappa shape index (κ2) is 3.98. The largest absolute Gasteiger partial charge is 0.443 e. The molecule has 5 nitrogen and oxygen atoms in total. The predicted molar refractivity (Wildman–Crippen MR) is 64.6 cm³/mol. The lowest BCUT2D eigenvalue weighted by atomic mass is 10.2. The molecule has 0 spiro atoms. The van der Waals surface area contributed by atoms with E-state index in [9.17, 15) is 4.79 Å². The Morgan fingerprint density at radius 3 is 2.76 bits per heavy atom. The fourth-order valence-electron chi connectivity index (χ4n) is 1.80. The van der Waals surface area contributed by atoms with Gasteiger partial charge in [-0.25, -0.2) is 4.79 Å². The van der Waals surface area contributed by atoms with E-state index < -0.39 is 5.60 Å². The average Bonchev–Trinajstić information content (AvgIpc) is 2.53. The second-order valence-electron chi connectivity index (χ2n) is 5.32. The van der Waals surface area contributed by atoms with E-state index >= 15 is 0 Å². The standard InChI is InChI=1S/C12H19N3O2/c1-9-7-10-8-14(5-6-15(10)13-9)11(16)17-12(2,3)4/h7-8,13H,5-6H2,1-4H3. The first-order valence-electron chi connectivity index (χ1n) is 5.79. The number of nitrogens with zero attached hydrogens (tertiary/aromatic N) is 2. The van der Waals surface area contributed by atoms with Crippen LogP contribution >= 0.6 is 0 Å². The zero-order chi connectivity index (χ0) is 12.6. The molecule has 2 aliphatic rings. The summed E-state index contributed by atoms with van der Waals surface area (Å²) < 4.78 is 5.34. The molecule has 1 N–H and O–H groups in total. The Balaban J connectivity index is 2.07. The molecule has 0 saturated heterocycles. The first-order chi connectivity index (χ1) is 7.85. The Morgan fingerprint density at radius 2 is 2.12 bits per heavy atom. The minimum absolute atomic E-state index is 0.289. The summed E-state index contributed by atoms with van der Waals surface area (Å²) in [5.74, 6) is 0. The number of hydrogen-bond donors (Lipinski definition) is 1. The van der Waals surface area contributed by atoms with Crippen LogP contribution in [0.1, 0.15) is 27.7 Å². The Labute approximate surface area is 102 Å². The van der Waals surface area contributed by atoms with Gasteiger partial charge in [-0.2, -0.15) is 0 Å². The van der Waals surface area contributed by atoms with E-state index in [1.54, 1.807) is 4.90 Å². The van der Waals surface area contributed by atoms with Crippen LogP contribution in [0.2, 0.25) is 0 Å². The zero-order valence-corrected chi connectivity index (χ0v) is 10.8. The molecular formula is C12H19N3O2. The van der Waals surface area contributed by atoms with Crippen molar-refractivity contribution in [1.29, 1.82) is 0 Å². The number of rotatable bonds is 0. The maximum Gasteiger partial charge on any atom is 0.414 e. The van der Waals surface area contributed by atoms with Gasteiger partial charge in [-0.3, -0.25) is 9.91 Å². The molecular weight excluding hydrogens is 218 g/mol. The fraction of sp³-hybridized carbons (Fsp3) is 0.583. The third kappa shape index (κ3) is 2.72. The van der Waals surface area contributed by atoms with Gasteiger partial charge in [0, 0.05) is 18.4 Å². The maximum absolute atomic E-state index is 11.9. The van der Waals surface area contributed by atoms with Crippen molar-refractivity contribution >= 4 is 6.09 Å². The number of ether oxygens (including phenoxy) is 1. The normalized spacial score (nSPS) is 19.3. The highest BCUT2D eigenvalue weighted by atomic mass is 16.6. The highest BCUT2D eigenvalue weighted by Crippen LogP contribution is 2.20. The predicted octanol–water partition coefficient (Wildman–Crippen LogP) is 1.80. The van der Waals surface area contributed by atoms with Gasteiger partial charge < -0.3 is 10.2 Å². The molecule has 2 rings (SSSR count). The van der Waals surface area contributed by atoms with Crippen LogP contribution in [-0.4, -0.2) is 34.7 Å². The summed E-state index contributed by atoms with van der Waals surface area (Å²) in [7, 11) is 0. The number of carbonyl (C=O) groups excluding carboxylic acids is 1. The van der Waals surface area contributed by atoms with Crippen molar-refractivity contribution < 1.29 is 9.53 Å². The van der Waals surface area contributed by atoms with Crippen LogP contribution in [0.15, 0.2) is 23.7 Å². The summed E-state index contributed by atoms with van der Waals surface area (Å²) >= 11 is 0. The highest BCUT2D eigenvalue weighted by Gasteiger charge is 2.27. The lowest BCUT2D eigenvalue weighted by molar-refractivity contribution is 0.0298. The third-order valence-electron chi connectivity index (χ3n) is 2.47. The van der Waals surface area contributed by atoms with Crippen LogP contribution in [-0.2, 0) is 4.74 Å². The van der Waals surface area contributed by atoms with Crippen molar-refractivity contribution in [3.05, 3.63) is 23.7 Å². The topological polar surface area (TPSA) is 44.8 Å². The van der Waals surface area contributed by atoms with Crippen molar-refractivity contribution in [3.63, 3.8) is 0 Å². The number of allylic oxidation sites excluding steroid dienone is 2. The van der Waals surface area contributed by atoms with Crippen LogP contribution in [0.25, 0.3) is 0 Å². The lowest BCUT2D eigenvalue weighted by Gasteiger charge is -2.32. The molecule has 0 radical (unpaired) electrons. The van der Waals surface area contributed by atoms with Crippen molar-refractivity contribution in [2.75, 3.05) is 13.1 Å². The van der Waals surface area contributed by atoms with E-state index in [1.165, 1.54) is 0 Å². The van der Waals surface area contributed by atoms with Gasteiger partial charge in [0.25, 0.3) is 0 Å². The Morgan fingerprint density at radius 1 is 1.41 bits per heavy atom. The van der Waals surface area contributed by atoms with E-state index in [2.05, 4.69) is 5.43 Å².